The number of phenolic OH excluding ortho intramolecular Hbond substituents is 1. The summed E-state index contributed by atoms with van der Waals surface area (Å²) in [4.78, 5) is 32.1. The zero-order valence-corrected chi connectivity index (χ0v) is 24.5. The number of amides is 2. The lowest BCUT2D eigenvalue weighted by atomic mass is 9.68. The molecule has 39 heavy (non-hydrogen) atoms. The van der Waals surface area contributed by atoms with Crippen molar-refractivity contribution < 1.29 is 34.1 Å². The van der Waals surface area contributed by atoms with Crippen LogP contribution in [-0.2, 0) is 20.7 Å². The predicted molar refractivity (Wildman–Crippen MR) is 150 cm³/mol. The second-order valence-corrected chi connectivity index (χ2v) is 11.9. The first-order valence-electron chi connectivity index (χ1n) is 13.8. The molecule has 9 nitrogen and oxygen atoms in total. The molecule has 0 spiro atoms. The molecule has 1 aromatic rings. The molecule has 0 unspecified atom stereocenters. The number of carbonyl (C=O) groups is 3. The standard InChI is InChI=1S/C21H30O2.C9H16N2O5/c1-5-6-7-8-15-12-18(22)20-16-11-14(2)9-10-17(16)21(3,4)23-19(20)13-15;1-9(2,3)16-8(15)11-4-6(12)10-5-7(13)14/h11-13,16-17,22H,5-10H2,1-4H3;4-5H2,1-3H3,(H,10,12)(H,11,15)(H,13,14)/t16-,17-;/m1./s1. The van der Waals surface area contributed by atoms with Gasteiger partial charge in [-0.05, 0) is 84.9 Å². The lowest BCUT2D eigenvalue weighted by molar-refractivity contribution is -0.137. The third kappa shape index (κ3) is 10.1. The number of carboxylic acid groups (broad SMARTS) is 1. The maximum atomic E-state index is 11.1. The fourth-order valence-corrected chi connectivity index (χ4v) is 5.01. The molecular formula is C30H46N2O7. The van der Waals surface area contributed by atoms with E-state index in [4.69, 9.17) is 14.6 Å². The Morgan fingerprint density at radius 3 is 2.44 bits per heavy atom. The van der Waals surface area contributed by atoms with Gasteiger partial charge < -0.3 is 30.3 Å². The molecule has 1 aromatic carbocycles. The number of ether oxygens (including phenoxy) is 2. The van der Waals surface area contributed by atoms with E-state index in [1.807, 2.05) is 6.07 Å². The summed E-state index contributed by atoms with van der Waals surface area (Å²) in [5, 5.41) is 23.2. The van der Waals surface area contributed by atoms with Crippen LogP contribution >= 0.6 is 0 Å². The Morgan fingerprint density at radius 1 is 1.13 bits per heavy atom. The number of rotatable bonds is 8. The Labute approximate surface area is 232 Å². The number of nitrogens with one attached hydrogen (secondary N) is 2. The van der Waals surface area contributed by atoms with Crippen molar-refractivity contribution >= 4 is 18.0 Å². The number of carbonyl (C=O) groups excluding carboxylic acids is 2. The Bertz CT molecular complexity index is 1060. The van der Waals surface area contributed by atoms with Gasteiger partial charge in [-0.2, -0.15) is 0 Å². The van der Waals surface area contributed by atoms with Crippen molar-refractivity contribution in [2.24, 2.45) is 5.92 Å². The van der Waals surface area contributed by atoms with Gasteiger partial charge in [-0.3, -0.25) is 9.59 Å². The maximum Gasteiger partial charge on any atom is 0.408 e. The van der Waals surface area contributed by atoms with E-state index >= 15 is 0 Å². The summed E-state index contributed by atoms with van der Waals surface area (Å²) in [5.41, 5.74) is 2.82. The highest BCUT2D eigenvalue weighted by Crippen LogP contribution is 2.53. The second kappa shape index (κ2) is 13.7. The predicted octanol–water partition coefficient (Wildman–Crippen LogP) is 5.45. The fraction of sp³-hybridized carbons (Fsp3) is 0.633. The number of benzene rings is 1. The molecule has 2 aliphatic rings. The van der Waals surface area contributed by atoms with Crippen molar-refractivity contribution in [1.29, 1.82) is 0 Å². The number of alkyl carbamates (subject to hydrolysis) is 1. The van der Waals surface area contributed by atoms with Gasteiger partial charge in [-0.25, -0.2) is 4.79 Å². The summed E-state index contributed by atoms with van der Waals surface area (Å²) in [6.45, 7) is 13.1. The van der Waals surface area contributed by atoms with Gasteiger partial charge in [-0.1, -0.05) is 31.4 Å². The van der Waals surface area contributed by atoms with Crippen molar-refractivity contribution in [1.82, 2.24) is 10.6 Å². The number of aromatic hydroxyl groups is 1. The van der Waals surface area contributed by atoms with Gasteiger partial charge in [0.05, 0.1) is 0 Å². The summed E-state index contributed by atoms with van der Waals surface area (Å²) >= 11 is 0. The van der Waals surface area contributed by atoms with Gasteiger partial charge in [0.2, 0.25) is 5.91 Å². The van der Waals surface area contributed by atoms with E-state index in [1.54, 1.807) is 20.8 Å². The van der Waals surface area contributed by atoms with Crippen LogP contribution in [0.25, 0.3) is 0 Å². The Kier molecular flexibility index (Phi) is 11.2. The fourth-order valence-electron chi connectivity index (χ4n) is 5.01. The molecule has 2 atom stereocenters. The summed E-state index contributed by atoms with van der Waals surface area (Å²) < 4.78 is 11.2. The number of hydrogen-bond donors (Lipinski definition) is 4. The molecule has 1 aliphatic carbocycles. The van der Waals surface area contributed by atoms with Crippen LogP contribution in [0.4, 0.5) is 4.79 Å². The first kappa shape index (κ1) is 32.0. The summed E-state index contributed by atoms with van der Waals surface area (Å²) in [6.07, 6.45) is 8.54. The molecule has 0 aromatic heterocycles. The van der Waals surface area contributed by atoms with Crippen LogP contribution in [0, 0.1) is 5.92 Å². The highest BCUT2D eigenvalue weighted by molar-refractivity contribution is 5.85. The largest absolute Gasteiger partial charge is 0.507 e. The first-order chi connectivity index (χ1) is 18.1. The Morgan fingerprint density at radius 2 is 1.82 bits per heavy atom. The van der Waals surface area contributed by atoms with Crippen LogP contribution in [0.15, 0.2) is 23.8 Å². The van der Waals surface area contributed by atoms with E-state index < -0.39 is 30.1 Å². The van der Waals surface area contributed by atoms with E-state index in [9.17, 15) is 19.5 Å². The Balaban J connectivity index is 0.000000295. The number of aryl methyl sites for hydroxylation is 1. The number of phenols is 1. The van der Waals surface area contributed by atoms with Gasteiger partial charge in [0.25, 0.3) is 0 Å². The van der Waals surface area contributed by atoms with Gasteiger partial charge in [0.15, 0.2) is 0 Å². The molecule has 2 amide bonds. The van der Waals surface area contributed by atoms with Crippen molar-refractivity contribution in [3.63, 3.8) is 0 Å². The van der Waals surface area contributed by atoms with Crippen LogP contribution in [0.2, 0.25) is 0 Å². The number of allylic oxidation sites excluding steroid dienone is 2. The minimum Gasteiger partial charge on any atom is -0.507 e. The highest BCUT2D eigenvalue weighted by Gasteiger charge is 2.45. The molecule has 218 valence electrons. The number of aliphatic carboxylic acids is 1. The molecule has 0 radical (unpaired) electrons. The third-order valence-corrected chi connectivity index (χ3v) is 6.82. The summed E-state index contributed by atoms with van der Waals surface area (Å²) in [7, 11) is 0. The molecule has 9 heteroatoms. The zero-order chi connectivity index (χ0) is 29.4. The second-order valence-electron chi connectivity index (χ2n) is 11.9. The van der Waals surface area contributed by atoms with Gasteiger partial charge in [0.1, 0.15) is 35.8 Å². The monoisotopic (exact) mass is 546 g/mol. The summed E-state index contributed by atoms with van der Waals surface area (Å²) in [6, 6.07) is 4.13. The minimum atomic E-state index is -1.15. The smallest absolute Gasteiger partial charge is 0.408 e. The lowest BCUT2D eigenvalue weighted by Crippen LogP contribution is -2.45. The molecule has 0 saturated heterocycles. The number of hydrogen-bond acceptors (Lipinski definition) is 6. The van der Waals surface area contributed by atoms with Crippen LogP contribution < -0.4 is 15.4 Å². The molecule has 1 heterocycles. The minimum absolute atomic E-state index is 0.177. The number of fused-ring (bicyclic) bond motifs is 3. The van der Waals surface area contributed by atoms with Gasteiger partial charge >= 0.3 is 12.1 Å². The molecule has 3 rings (SSSR count). The SMILES string of the molecule is CC(C)(C)OC(=O)NCC(=O)NCC(=O)O.CCCCCc1cc(O)c2c(c1)OC(C)(C)[C@@H]1CCC(C)=C[C@@H]21. The van der Waals surface area contributed by atoms with E-state index in [0.29, 0.717) is 11.7 Å². The van der Waals surface area contributed by atoms with Crippen molar-refractivity contribution in [3.8, 4) is 11.5 Å². The quantitative estimate of drug-likeness (QED) is 0.252. The highest BCUT2D eigenvalue weighted by atomic mass is 16.6. The molecule has 0 bridgehead atoms. The zero-order valence-electron chi connectivity index (χ0n) is 24.5. The van der Waals surface area contributed by atoms with Gasteiger partial charge in [-0.15, -0.1) is 0 Å². The number of carboxylic acids is 1. The van der Waals surface area contributed by atoms with E-state index in [2.05, 4.69) is 50.5 Å². The van der Waals surface area contributed by atoms with Crippen molar-refractivity contribution in [3.05, 3.63) is 34.9 Å². The maximum absolute atomic E-state index is 11.1. The Hall–Kier alpha value is -3.23. The van der Waals surface area contributed by atoms with Gasteiger partial charge in [0, 0.05) is 17.4 Å². The molecule has 0 fully saturated rings. The van der Waals surface area contributed by atoms with E-state index in [1.165, 1.54) is 30.4 Å². The van der Waals surface area contributed by atoms with E-state index in [0.717, 1.165) is 30.6 Å². The lowest BCUT2D eigenvalue weighted by Gasteiger charge is -2.46. The average Bonchev–Trinajstić information content (AvgIpc) is 2.80. The average molecular weight is 547 g/mol. The summed E-state index contributed by atoms with van der Waals surface area (Å²) in [5.74, 6) is 0.306. The van der Waals surface area contributed by atoms with Crippen molar-refractivity contribution in [2.75, 3.05) is 13.1 Å². The first-order valence-corrected chi connectivity index (χ1v) is 13.8. The third-order valence-electron chi connectivity index (χ3n) is 6.82. The number of unbranched alkanes of at least 4 members (excludes halogenated alkanes) is 2. The van der Waals surface area contributed by atoms with E-state index in [-0.39, 0.29) is 18.1 Å². The van der Waals surface area contributed by atoms with Crippen LogP contribution in [0.1, 0.15) is 97.6 Å². The van der Waals surface area contributed by atoms with Crippen LogP contribution in [-0.4, -0.2) is 52.5 Å². The van der Waals surface area contributed by atoms with Crippen molar-refractivity contribution in [2.45, 2.75) is 104 Å². The molecular weight excluding hydrogens is 500 g/mol. The van der Waals surface area contributed by atoms with Crippen LogP contribution in [0.3, 0.4) is 0 Å². The molecule has 0 saturated carbocycles. The molecule has 4 N–H and O–H groups in total. The molecule has 1 aliphatic heterocycles. The van der Waals surface area contributed by atoms with Crippen LogP contribution in [0.5, 0.6) is 11.5 Å². The topological polar surface area (TPSA) is 134 Å². The normalized spacial score (nSPS) is 19.1.